The number of allylic oxidation sites excluding steroid dienone is 1. The summed E-state index contributed by atoms with van der Waals surface area (Å²) in [5.41, 5.74) is 1.23. The molecule has 0 saturated heterocycles. The van der Waals surface area contributed by atoms with Crippen molar-refractivity contribution in [3.63, 3.8) is 0 Å². The predicted molar refractivity (Wildman–Crippen MR) is 53.5 cm³/mol. The Hall–Kier alpha value is -0.600. The van der Waals surface area contributed by atoms with E-state index in [0.29, 0.717) is 0 Å². The topological polar surface area (TPSA) is 20.2 Å². The van der Waals surface area contributed by atoms with Gasteiger partial charge in [-0.1, -0.05) is 6.08 Å². The first-order valence-corrected chi connectivity index (χ1v) is 5.07. The largest absolute Gasteiger partial charge is 0.393 e. The van der Waals surface area contributed by atoms with Gasteiger partial charge in [0, 0.05) is 0 Å². The smallest absolute Gasteiger partial charge is 0.0583 e. The molecule has 0 aromatic carbocycles. The van der Waals surface area contributed by atoms with Crippen LogP contribution in [0.2, 0.25) is 0 Å². The summed E-state index contributed by atoms with van der Waals surface area (Å²) < 4.78 is 0. The Morgan fingerprint density at radius 2 is 2.50 bits per heavy atom. The molecule has 1 heterocycles. The maximum absolute atomic E-state index is 9.51. The quantitative estimate of drug-likeness (QED) is 0.694. The van der Waals surface area contributed by atoms with Gasteiger partial charge in [0.1, 0.15) is 0 Å². The minimum absolute atomic E-state index is 0.211. The molecule has 0 saturated carbocycles. The van der Waals surface area contributed by atoms with Gasteiger partial charge >= 0.3 is 0 Å². The zero-order chi connectivity index (χ0) is 8.81. The summed E-state index contributed by atoms with van der Waals surface area (Å²) in [6.07, 6.45) is 4.12. The molecule has 0 amide bonds. The van der Waals surface area contributed by atoms with Crippen molar-refractivity contribution in [3.05, 3.63) is 35.0 Å². The number of hydrogen-bond acceptors (Lipinski definition) is 2. The van der Waals surface area contributed by atoms with E-state index in [9.17, 15) is 5.11 Å². The molecule has 1 nitrogen and oxygen atoms in total. The highest BCUT2D eigenvalue weighted by atomic mass is 32.1. The van der Waals surface area contributed by atoms with Crippen LogP contribution in [-0.4, -0.2) is 11.2 Å². The van der Waals surface area contributed by atoms with Crippen molar-refractivity contribution < 1.29 is 5.11 Å². The molecule has 66 valence electrons. The molecule has 2 heteroatoms. The third-order valence-corrected chi connectivity index (χ3v) is 2.49. The van der Waals surface area contributed by atoms with Crippen molar-refractivity contribution in [3.8, 4) is 0 Å². The number of hydrogen-bond donors (Lipinski definition) is 1. The lowest BCUT2D eigenvalue weighted by Crippen LogP contribution is -2.08. The van der Waals surface area contributed by atoms with Crippen molar-refractivity contribution in [2.45, 2.75) is 25.4 Å². The van der Waals surface area contributed by atoms with E-state index >= 15 is 0 Å². The number of rotatable bonds is 5. The second-order valence-corrected chi connectivity index (χ2v) is 3.64. The fourth-order valence-corrected chi connectivity index (χ4v) is 1.77. The zero-order valence-corrected chi connectivity index (χ0v) is 7.89. The highest BCUT2D eigenvalue weighted by molar-refractivity contribution is 7.07. The number of aliphatic hydroxyl groups is 1. The van der Waals surface area contributed by atoms with Crippen LogP contribution in [0, 0.1) is 0 Å². The lowest BCUT2D eigenvalue weighted by molar-refractivity contribution is 0.166. The normalized spacial score (nSPS) is 12.8. The van der Waals surface area contributed by atoms with Crippen LogP contribution in [0.15, 0.2) is 29.5 Å². The molecule has 0 fully saturated rings. The molecular formula is C10H14OS. The van der Waals surface area contributed by atoms with Crippen molar-refractivity contribution in [1.29, 1.82) is 0 Å². The first kappa shape index (κ1) is 9.49. The molecule has 1 unspecified atom stereocenters. The van der Waals surface area contributed by atoms with Gasteiger partial charge in [0.05, 0.1) is 6.10 Å². The van der Waals surface area contributed by atoms with E-state index in [1.54, 1.807) is 11.3 Å². The molecule has 12 heavy (non-hydrogen) atoms. The molecule has 0 spiro atoms. The first-order valence-electron chi connectivity index (χ1n) is 4.13. The molecule has 0 aliphatic rings. The van der Waals surface area contributed by atoms with E-state index < -0.39 is 0 Å². The fraction of sp³-hybridized carbons (Fsp3) is 0.400. The van der Waals surface area contributed by atoms with Crippen LogP contribution in [-0.2, 0) is 6.42 Å². The average Bonchev–Trinajstić information content (AvgIpc) is 2.53. The standard InChI is InChI=1S/C10H14OS/c1-2-3-4-10(11)7-9-5-6-12-8-9/h2,5-6,8,10-11H,1,3-4,7H2. The Labute approximate surface area is 77.4 Å². The molecule has 0 bridgehead atoms. The molecule has 0 aliphatic heterocycles. The molecular weight excluding hydrogens is 168 g/mol. The van der Waals surface area contributed by atoms with Crippen LogP contribution in [0.3, 0.4) is 0 Å². The van der Waals surface area contributed by atoms with Crippen molar-refractivity contribution in [2.75, 3.05) is 0 Å². The minimum Gasteiger partial charge on any atom is -0.393 e. The molecule has 1 rings (SSSR count). The van der Waals surface area contributed by atoms with Gasteiger partial charge < -0.3 is 5.11 Å². The van der Waals surface area contributed by atoms with Gasteiger partial charge in [-0.05, 0) is 41.7 Å². The van der Waals surface area contributed by atoms with Crippen LogP contribution < -0.4 is 0 Å². The van der Waals surface area contributed by atoms with Crippen molar-refractivity contribution >= 4 is 11.3 Å². The zero-order valence-electron chi connectivity index (χ0n) is 7.07. The summed E-state index contributed by atoms with van der Waals surface area (Å²) in [4.78, 5) is 0. The molecule has 1 N–H and O–H groups in total. The van der Waals surface area contributed by atoms with E-state index in [2.05, 4.69) is 18.0 Å². The Bertz CT molecular complexity index is 216. The molecule has 1 aromatic heterocycles. The maximum atomic E-state index is 9.51. The van der Waals surface area contributed by atoms with Gasteiger partial charge in [0.2, 0.25) is 0 Å². The van der Waals surface area contributed by atoms with E-state index in [1.165, 1.54) is 5.56 Å². The average molecular weight is 182 g/mol. The molecule has 0 radical (unpaired) electrons. The van der Waals surface area contributed by atoms with Crippen LogP contribution in [0.4, 0.5) is 0 Å². The van der Waals surface area contributed by atoms with Crippen molar-refractivity contribution in [2.24, 2.45) is 0 Å². The van der Waals surface area contributed by atoms with E-state index in [4.69, 9.17) is 0 Å². The van der Waals surface area contributed by atoms with Gasteiger partial charge in [-0.25, -0.2) is 0 Å². The van der Waals surface area contributed by atoms with E-state index in [-0.39, 0.29) is 6.10 Å². The lowest BCUT2D eigenvalue weighted by atomic mass is 10.1. The Kier molecular flexibility index (Phi) is 4.05. The predicted octanol–water partition coefficient (Wildman–Crippen LogP) is 2.62. The van der Waals surface area contributed by atoms with Crippen LogP contribution in [0.5, 0.6) is 0 Å². The monoisotopic (exact) mass is 182 g/mol. The third kappa shape index (κ3) is 3.20. The summed E-state index contributed by atoms with van der Waals surface area (Å²) in [7, 11) is 0. The van der Waals surface area contributed by atoms with Gasteiger partial charge in [-0.3, -0.25) is 0 Å². The summed E-state index contributed by atoms with van der Waals surface area (Å²) in [6.45, 7) is 3.62. The van der Waals surface area contributed by atoms with E-state index in [0.717, 1.165) is 19.3 Å². The van der Waals surface area contributed by atoms with E-state index in [1.807, 2.05) is 11.5 Å². The maximum Gasteiger partial charge on any atom is 0.0583 e. The number of thiophene rings is 1. The van der Waals surface area contributed by atoms with Crippen LogP contribution >= 0.6 is 11.3 Å². The van der Waals surface area contributed by atoms with Crippen LogP contribution in [0.1, 0.15) is 18.4 Å². The Morgan fingerprint density at radius 1 is 1.67 bits per heavy atom. The van der Waals surface area contributed by atoms with Gasteiger partial charge in [0.15, 0.2) is 0 Å². The van der Waals surface area contributed by atoms with Gasteiger partial charge in [-0.2, -0.15) is 11.3 Å². The van der Waals surface area contributed by atoms with Gasteiger partial charge in [0.25, 0.3) is 0 Å². The first-order chi connectivity index (χ1) is 5.83. The second-order valence-electron chi connectivity index (χ2n) is 2.86. The lowest BCUT2D eigenvalue weighted by Gasteiger charge is -2.06. The minimum atomic E-state index is -0.211. The molecule has 1 aromatic rings. The SMILES string of the molecule is C=CCCC(O)Cc1ccsc1. The fourth-order valence-electron chi connectivity index (χ4n) is 1.09. The highest BCUT2D eigenvalue weighted by Crippen LogP contribution is 2.11. The summed E-state index contributed by atoms with van der Waals surface area (Å²) >= 11 is 1.67. The van der Waals surface area contributed by atoms with Gasteiger partial charge in [-0.15, -0.1) is 6.58 Å². The third-order valence-electron chi connectivity index (χ3n) is 1.76. The molecule has 0 aliphatic carbocycles. The summed E-state index contributed by atoms with van der Waals surface area (Å²) in [6, 6.07) is 2.06. The Balaban J connectivity index is 2.26. The van der Waals surface area contributed by atoms with Crippen LogP contribution in [0.25, 0.3) is 0 Å². The summed E-state index contributed by atoms with van der Waals surface area (Å²) in [5, 5.41) is 13.6. The van der Waals surface area contributed by atoms with Crippen molar-refractivity contribution in [1.82, 2.24) is 0 Å². The molecule has 1 atom stereocenters. The summed E-state index contributed by atoms with van der Waals surface area (Å²) in [5.74, 6) is 0. The Morgan fingerprint density at radius 3 is 3.08 bits per heavy atom. The highest BCUT2D eigenvalue weighted by Gasteiger charge is 2.03. The number of aliphatic hydroxyl groups excluding tert-OH is 1. The second kappa shape index (κ2) is 5.12.